The van der Waals surface area contributed by atoms with E-state index in [1.807, 2.05) is 0 Å². The van der Waals surface area contributed by atoms with Gasteiger partial charge in [0.2, 0.25) is 5.91 Å². The van der Waals surface area contributed by atoms with Crippen molar-refractivity contribution in [3.05, 3.63) is 0 Å². The molecule has 0 spiro atoms. The lowest BCUT2D eigenvalue weighted by Crippen LogP contribution is -2.49. The highest BCUT2D eigenvalue weighted by Crippen LogP contribution is 2.22. The fourth-order valence-corrected chi connectivity index (χ4v) is 3.11. The van der Waals surface area contributed by atoms with Crippen LogP contribution in [-0.4, -0.2) is 52.1 Å². The Bertz CT molecular complexity index is 314. The highest BCUT2D eigenvalue weighted by atomic mass is 32.2. The molecule has 2 amide bonds. The van der Waals surface area contributed by atoms with Crippen molar-refractivity contribution in [1.82, 2.24) is 10.2 Å². The third-order valence-corrected chi connectivity index (χ3v) is 4.38. The van der Waals surface area contributed by atoms with Gasteiger partial charge in [-0.15, -0.1) is 0 Å². The number of hydrogen-bond acceptors (Lipinski definition) is 4. The number of aliphatic hydroxyl groups excluding tert-OH is 1. The lowest BCUT2D eigenvalue weighted by atomic mass is 9.92. The number of amides is 2. The van der Waals surface area contributed by atoms with Crippen LogP contribution in [0, 0.1) is 5.92 Å². The maximum atomic E-state index is 12.1. The van der Waals surface area contributed by atoms with Crippen molar-refractivity contribution in [2.24, 2.45) is 5.92 Å². The Kier molecular flexibility index (Phi) is 3.93. The quantitative estimate of drug-likeness (QED) is 0.753. The second-order valence-electron chi connectivity index (χ2n) is 4.70. The summed E-state index contributed by atoms with van der Waals surface area (Å²) in [6.07, 6.45) is 1.39. The van der Waals surface area contributed by atoms with Gasteiger partial charge in [-0.25, -0.2) is 0 Å². The zero-order chi connectivity index (χ0) is 12.4. The van der Waals surface area contributed by atoms with Crippen molar-refractivity contribution >= 4 is 22.9 Å². The number of aliphatic hydroxyl groups is 1. The lowest BCUT2D eigenvalue weighted by Gasteiger charge is -2.34. The Morgan fingerprint density at radius 1 is 1.53 bits per heavy atom. The molecule has 2 unspecified atom stereocenters. The summed E-state index contributed by atoms with van der Waals surface area (Å²) in [5.74, 6) is 0.854. The first kappa shape index (κ1) is 12.7. The molecule has 0 aromatic carbocycles. The molecule has 0 bridgehead atoms. The molecule has 17 heavy (non-hydrogen) atoms. The van der Waals surface area contributed by atoms with Crippen molar-refractivity contribution in [2.45, 2.75) is 31.9 Å². The van der Waals surface area contributed by atoms with E-state index in [9.17, 15) is 14.7 Å². The van der Waals surface area contributed by atoms with Gasteiger partial charge in [0, 0.05) is 18.8 Å². The van der Waals surface area contributed by atoms with Crippen LogP contribution in [0.25, 0.3) is 0 Å². The molecule has 6 heteroatoms. The monoisotopic (exact) mass is 258 g/mol. The summed E-state index contributed by atoms with van der Waals surface area (Å²) in [7, 11) is 0. The van der Waals surface area contributed by atoms with E-state index in [4.69, 9.17) is 0 Å². The van der Waals surface area contributed by atoms with Crippen LogP contribution in [-0.2, 0) is 4.79 Å². The normalized spacial score (nSPS) is 28.0. The molecule has 2 saturated heterocycles. The van der Waals surface area contributed by atoms with Gasteiger partial charge in [-0.2, -0.15) is 0 Å². The molecule has 2 atom stereocenters. The molecule has 2 fully saturated rings. The Morgan fingerprint density at radius 2 is 2.18 bits per heavy atom. The van der Waals surface area contributed by atoms with Crippen molar-refractivity contribution in [1.29, 1.82) is 0 Å². The molecule has 0 radical (unpaired) electrons. The molecule has 0 aromatic heterocycles. The van der Waals surface area contributed by atoms with Gasteiger partial charge in [0.15, 0.2) is 0 Å². The Hall–Kier alpha value is -0.750. The van der Waals surface area contributed by atoms with E-state index < -0.39 is 0 Å². The Labute approximate surface area is 105 Å². The van der Waals surface area contributed by atoms with Crippen LogP contribution in [0.3, 0.4) is 0 Å². The molecule has 96 valence electrons. The zero-order valence-electron chi connectivity index (χ0n) is 9.89. The van der Waals surface area contributed by atoms with Crippen LogP contribution in [0.1, 0.15) is 19.8 Å². The van der Waals surface area contributed by atoms with Gasteiger partial charge in [-0.1, -0.05) is 11.8 Å². The summed E-state index contributed by atoms with van der Waals surface area (Å²) < 4.78 is 0. The van der Waals surface area contributed by atoms with E-state index in [1.54, 1.807) is 11.8 Å². The van der Waals surface area contributed by atoms with Crippen molar-refractivity contribution in [2.75, 3.05) is 18.8 Å². The van der Waals surface area contributed by atoms with Gasteiger partial charge in [0.05, 0.1) is 6.10 Å². The van der Waals surface area contributed by atoms with Crippen LogP contribution < -0.4 is 5.32 Å². The number of hydrogen-bond donors (Lipinski definition) is 2. The first-order chi connectivity index (χ1) is 8.08. The molecule has 2 aliphatic heterocycles. The van der Waals surface area contributed by atoms with Gasteiger partial charge < -0.3 is 15.3 Å². The van der Waals surface area contributed by atoms with E-state index in [0.29, 0.717) is 24.8 Å². The van der Waals surface area contributed by atoms with E-state index in [-0.39, 0.29) is 23.3 Å². The SMILES string of the molecule is CC(O)C1CCN(C(=O)C2CSC(=O)N2)CC1. The van der Waals surface area contributed by atoms with Gasteiger partial charge in [0.1, 0.15) is 6.04 Å². The zero-order valence-corrected chi connectivity index (χ0v) is 10.7. The minimum atomic E-state index is -0.351. The number of carbonyl (C=O) groups excluding carboxylic acids is 2. The number of thioether (sulfide) groups is 1. The average molecular weight is 258 g/mol. The van der Waals surface area contributed by atoms with Crippen molar-refractivity contribution in [3.63, 3.8) is 0 Å². The second kappa shape index (κ2) is 5.27. The fourth-order valence-electron chi connectivity index (χ4n) is 2.34. The minimum absolute atomic E-state index is 0.0207. The molecule has 0 saturated carbocycles. The maximum Gasteiger partial charge on any atom is 0.279 e. The lowest BCUT2D eigenvalue weighted by molar-refractivity contribution is -0.134. The highest BCUT2D eigenvalue weighted by Gasteiger charge is 2.33. The summed E-state index contributed by atoms with van der Waals surface area (Å²) in [6, 6.07) is -0.351. The van der Waals surface area contributed by atoms with Gasteiger partial charge in [-0.05, 0) is 25.7 Å². The average Bonchev–Trinajstić information content (AvgIpc) is 2.75. The predicted octanol–water partition coefficient (Wildman–Crippen LogP) is 0.431. The Balaban J connectivity index is 1.84. The van der Waals surface area contributed by atoms with Gasteiger partial charge in [-0.3, -0.25) is 9.59 Å². The number of piperidine rings is 1. The number of likely N-dealkylation sites (tertiary alicyclic amines) is 1. The van der Waals surface area contributed by atoms with E-state index in [1.165, 1.54) is 11.8 Å². The first-order valence-corrected chi connectivity index (χ1v) is 6.96. The third-order valence-electron chi connectivity index (χ3n) is 3.50. The summed E-state index contributed by atoms with van der Waals surface area (Å²) >= 11 is 1.17. The van der Waals surface area contributed by atoms with E-state index in [2.05, 4.69) is 5.32 Å². The molecule has 0 aromatic rings. The topological polar surface area (TPSA) is 69.6 Å². The maximum absolute atomic E-state index is 12.1. The van der Waals surface area contributed by atoms with Crippen molar-refractivity contribution < 1.29 is 14.7 Å². The third kappa shape index (κ3) is 2.93. The molecule has 2 N–H and O–H groups in total. The van der Waals surface area contributed by atoms with E-state index in [0.717, 1.165) is 12.8 Å². The summed E-state index contributed by atoms with van der Waals surface area (Å²) in [4.78, 5) is 24.9. The summed E-state index contributed by atoms with van der Waals surface area (Å²) in [6.45, 7) is 3.17. The molecular weight excluding hydrogens is 240 g/mol. The molecule has 2 aliphatic rings. The molecule has 2 rings (SSSR count). The second-order valence-corrected chi connectivity index (χ2v) is 5.69. The van der Waals surface area contributed by atoms with Crippen molar-refractivity contribution in [3.8, 4) is 0 Å². The largest absolute Gasteiger partial charge is 0.393 e. The summed E-state index contributed by atoms with van der Waals surface area (Å²) in [5.41, 5.74) is 0. The van der Waals surface area contributed by atoms with E-state index >= 15 is 0 Å². The highest BCUT2D eigenvalue weighted by molar-refractivity contribution is 8.14. The molecule has 0 aliphatic carbocycles. The predicted molar refractivity (Wildman–Crippen MR) is 65.8 cm³/mol. The molecule has 2 heterocycles. The number of carbonyl (C=O) groups is 2. The van der Waals surface area contributed by atoms with Crippen LogP contribution in [0.15, 0.2) is 0 Å². The molecular formula is C11H18N2O3S. The molecule has 5 nitrogen and oxygen atoms in total. The summed E-state index contributed by atoms with van der Waals surface area (Å²) in [5, 5.41) is 12.0. The smallest absolute Gasteiger partial charge is 0.279 e. The number of nitrogens with zero attached hydrogens (tertiary/aromatic N) is 1. The van der Waals surface area contributed by atoms with Crippen LogP contribution >= 0.6 is 11.8 Å². The van der Waals surface area contributed by atoms with Crippen LogP contribution in [0.4, 0.5) is 4.79 Å². The number of rotatable bonds is 2. The first-order valence-electron chi connectivity index (χ1n) is 5.98. The number of nitrogens with one attached hydrogen (secondary N) is 1. The van der Waals surface area contributed by atoms with Gasteiger partial charge in [0.25, 0.3) is 5.24 Å². The van der Waals surface area contributed by atoms with Crippen LogP contribution in [0.5, 0.6) is 0 Å². The standard InChI is InChI=1S/C11H18N2O3S/c1-7(14)8-2-4-13(5-3-8)10(15)9-6-17-11(16)12-9/h7-9,14H,2-6H2,1H3,(H,12,16). The Morgan fingerprint density at radius 3 is 2.65 bits per heavy atom. The fraction of sp³-hybridized carbons (Fsp3) is 0.818. The van der Waals surface area contributed by atoms with Crippen LogP contribution in [0.2, 0.25) is 0 Å². The van der Waals surface area contributed by atoms with Gasteiger partial charge >= 0.3 is 0 Å². The minimum Gasteiger partial charge on any atom is -0.393 e.